The number of methoxy groups -OCH3 is 1. The third kappa shape index (κ3) is 7.25. The summed E-state index contributed by atoms with van der Waals surface area (Å²) >= 11 is 0. The van der Waals surface area contributed by atoms with Gasteiger partial charge in [-0.2, -0.15) is 0 Å². The molecule has 3 N–H and O–H groups in total. The van der Waals surface area contributed by atoms with Crippen molar-refractivity contribution in [3.8, 4) is 0 Å². The molecule has 86 valence electrons. The van der Waals surface area contributed by atoms with Crippen LogP contribution in [0, 0.1) is 0 Å². The second-order valence-electron chi connectivity index (χ2n) is 3.54. The summed E-state index contributed by atoms with van der Waals surface area (Å²) in [5.41, 5.74) is 5.55. The van der Waals surface area contributed by atoms with Crippen LogP contribution >= 0.6 is 0 Å². The Morgan fingerprint density at radius 1 is 1.43 bits per heavy atom. The Balaban J connectivity index is 3.96. The first kappa shape index (κ1) is 13.8. The normalized spacial score (nSPS) is 16.6. The highest BCUT2D eigenvalue weighted by molar-refractivity contribution is 7.89. The average Bonchev–Trinajstić information content (AvgIpc) is 1.98. The van der Waals surface area contributed by atoms with Crippen molar-refractivity contribution in [2.75, 3.05) is 19.5 Å². The summed E-state index contributed by atoms with van der Waals surface area (Å²) in [5, 5.41) is 0. The first-order valence-corrected chi connectivity index (χ1v) is 6.27. The molecule has 14 heavy (non-hydrogen) atoms. The Morgan fingerprint density at radius 3 is 2.43 bits per heavy atom. The lowest BCUT2D eigenvalue weighted by molar-refractivity contribution is 0.216. The molecule has 0 fully saturated rings. The van der Waals surface area contributed by atoms with Crippen LogP contribution in [-0.4, -0.2) is 40.0 Å². The van der Waals surface area contributed by atoms with Gasteiger partial charge in [0.2, 0.25) is 10.0 Å². The second kappa shape index (κ2) is 6.34. The summed E-state index contributed by atoms with van der Waals surface area (Å²) in [6.07, 6.45) is 0.631. The summed E-state index contributed by atoms with van der Waals surface area (Å²) in [4.78, 5) is 0. The fourth-order valence-corrected chi connectivity index (χ4v) is 2.38. The van der Waals surface area contributed by atoms with Crippen molar-refractivity contribution < 1.29 is 13.2 Å². The van der Waals surface area contributed by atoms with Crippen LogP contribution in [0.4, 0.5) is 0 Å². The minimum absolute atomic E-state index is 0.00451. The third-order valence-electron chi connectivity index (χ3n) is 1.66. The van der Waals surface area contributed by atoms with Crippen LogP contribution in [0.1, 0.15) is 20.3 Å². The van der Waals surface area contributed by atoms with E-state index in [0.717, 1.165) is 0 Å². The van der Waals surface area contributed by atoms with Gasteiger partial charge in [-0.05, 0) is 20.3 Å². The van der Waals surface area contributed by atoms with Gasteiger partial charge < -0.3 is 10.5 Å². The van der Waals surface area contributed by atoms with E-state index in [9.17, 15) is 8.42 Å². The molecule has 6 heteroatoms. The molecule has 5 nitrogen and oxygen atoms in total. The molecular weight excluding hydrogens is 204 g/mol. The number of hydrogen-bond donors (Lipinski definition) is 2. The number of nitrogens with two attached hydrogens (primary N) is 1. The lowest BCUT2D eigenvalue weighted by Gasteiger charge is -2.15. The van der Waals surface area contributed by atoms with Gasteiger partial charge in [-0.1, -0.05) is 0 Å². The Morgan fingerprint density at radius 2 is 2.00 bits per heavy atom. The summed E-state index contributed by atoms with van der Waals surface area (Å²) in [7, 11) is -1.75. The SMILES string of the molecule is COCCS(=O)(=O)NC(C)CC(C)N. The molecule has 0 bridgehead atoms. The maximum atomic E-state index is 11.3. The second-order valence-corrected chi connectivity index (χ2v) is 5.42. The van der Waals surface area contributed by atoms with Crippen molar-refractivity contribution in [1.29, 1.82) is 0 Å². The molecule has 0 aliphatic carbocycles. The number of ether oxygens (including phenoxy) is 1. The Hall–Kier alpha value is -0.170. The highest BCUT2D eigenvalue weighted by Crippen LogP contribution is 1.97. The molecule has 0 spiro atoms. The van der Waals surface area contributed by atoms with Gasteiger partial charge >= 0.3 is 0 Å². The van der Waals surface area contributed by atoms with Crippen molar-refractivity contribution in [3.05, 3.63) is 0 Å². The molecule has 0 aliphatic heterocycles. The molecular formula is C8H20N2O3S. The van der Waals surface area contributed by atoms with Crippen molar-refractivity contribution in [2.24, 2.45) is 5.73 Å². The maximum Gasteiger partial charge on any atom is 0.214 e. The summed E-state index contributed by atoms with van der Waals surface area (Å²) < 4.78 is 29.9. The van der Waals surface area contributed by atoms with E-state index in [1.165, 1.54) is 7.11 Å². The van der Waals surface area contributed by atoms with Crippen LogP contribution in [0.15, 0.2) is 0 Å². The van der Waals surface area contributed by atoms with E-state index < -0.39 is 10.0 Å². The smallest absolute Gasteiger partial charge is 0.214 e. The molecule has 2 atom stereocenters. The Kier molecular flexibility index (Phi) is 6.26. The number of sulfonamides is 1. The predicted octanol–water partition coefficient (Wildman–Crippen LogP) is -0.322. The van der Waals surface area contributed by atoms with Crippen molar-refractivity contribution in [2.45, 2.75) is 32.4 Å². The van der Waals surface area contributed by atoms with Crippen molar-refractivity contribution in [3.63, 3.8) is 0 Å². The zero-order chi connectivity index (χ0) is 11.2. The number of nitrogens with one attached hydrogen (secondary N) is 1. The molecule has 0 aromatic carbocycles. The van der Waals surface area contributed by atoms with E-state index in [0.29, 0.717) is 6.42 Å². The molecule has 0 aromatic heterocycles. The molecule has 0 saturated heterocycles. The molecule has 0 radical (unpaired) electrons. The van der Waals surface area contributed by atoms with Gasteiger partial charge in [0.1, 0.15) is 0 Å². The van der Waals surface area contributed by atoms with Crippen LogP contribution in [0.2, 0.25) is 0 Å². The minimum atomic E-state index is -3.22. The Bertz CT molecular complexity index is 239. The molecule has 2 unspecified atom stereocenters. The highest BCUT2D eigenvalue weighted by atomic mass is 32.2. The largest absolute Gasteiger partial charge is 0.384 e. The van der Waals surface area contributed by atoms with E-state index in [1.807, 2.05) is 6.92 Å². The van der Waals surface area contributed by atoms with Crippen molar-refractivity contribution >= 4 is 10.0 Å². The van der Waals surface area contributed by atoms with Gasteiger partial charge in [-0.25, -0.2) is 13.1 Å². The van der Waals surface area contributed by atoms with Gasteiger partial charge in [-0.3, -0.25) is 0 Å². The quantitative estimate of drug-likeness (QED) is 0.621. The lowest BCUT2D eigenvalue weighted by Crippen LogP contribution is -2.38. The standard InChI is InChI=1S/C8H20N2O3S/c1-7(9)6-8(2)10-14(11,12)5-4-13-3/h7-8,10H,4-6,9H2,1-3H3. The van der Waals surface area contributed by atoms with Gasteiger partial charge in [0.05, 0.1) is 12.4 Å². The Labute approximate surface area is 86.1 Å². The summed E-state index contributed by atoms with van der Waals surface area (Å²) in [6.45, 7) is 3.86. The van der Waals surface area contributed by atoms with E-state index in [4.69, 9.17) is 10.5 Å². The molecule has 0 rings (SSSR count). The maximum absolute atomic E-state index is 11.3. The molecule has 0 aliphatic rings. The first-order chi connectivity index (χ1) is 6.37. The van der Waals surface area contributed by atoms with Crippen molar-refractivity contribution in [1.82, 2.24) is 4.72 Å². The van der Waals surface area contributed by atoms with E-state index in [1.54, 1.807) is 6.92 Å². The summed E-state index contributed by atoms with van der Waals surface area (Å²) in [5.74, 6) is -0.00715. The number of rotatable bonds is 7. The minimum Gasteiger partial charge on any atom is -0.384 e. The molecule has 0 amide bonds. The predicted molar refractivity (Wildman–Crippen MR) is 56.5 cm³/mol. The van der Waals surface area contributed by atoms with Gasteiger partial charge in [0.25, 0.3) is 0 Å². The number of hydrogen-bond acceptors (Lipinski definition) is 4. The van der Waals surface area contributed by atoms with Crippen LogP contribution in [0.25, 0.3) is 0 Å². The molecule has 0 aromatic rings. The monoisotopic (exact) mass is 224 g/mol. The fourth-order valence-electron chi connectivity index (χ4n) is 1.16. The van der Waals surface area contributed by atoms with Gasteiger partial charge in [-0.15, -0.1) is 0 Å². The third-order valence-corrected chi connectivity index (χ3v) is 3.13. The first-order valence-electron chi connectivity index (χ1n) is 4.62. The van der Waals surface area contributed by atoms with Crippen LogP contribution in [0.5, 0.6) is 0 Å². The highest BCUT2D eigenvalue weighted by Gasteiger charge is 2.14. The average molecular weight is 224 g/mol. The molecule has 0 saturated carbocycles. The zero-order valence-electron chi connectivity index (χ0n) is 8.99. The van der Waals surface area contributed by atoms with E-state index in [-0.39, 0.29) is 24.4 Å². The van der Waals surface area contributed by atoms with Crippen LogP contribution < -0.4 is 10.5 Å². The van der Waals surface area contributed by atoms with Gasteiger partial charge in [0, 0.05) is 19.2 Å². The zero-order valence-corrected chi connectivity index (χ0v) is 9.80. The van der Waals surface area contributed by atoms with Crippen LogP contribution in [-0.2, 0) is 14.8 Å². The molecule has 0 heterocycles. The van der Waals surface area contributed by atoms with Crippen LogP contribution in [0.3, 0.4) is 0 Å². The topological polar surface area (TPSA) is 81.4 Å². The van der Waals surface area contributed by atoms with E-state index >= 15 is 0 Å². The van der Waals surface area contributed by atoms with Gasteiger partial charge in [0.15, 0.2) is 0 Å². The fraction of sp³-hybridized carbons (Fsp3) is 1.00. The van der Waals surface area contributed by atoms with E-state index in [2.05, 4.69) is 4.72 Å². The summed E-state index contributed by atoms with van der Waals surface area (Å²) in [6, 6.07) is -0.132. The lowest BCUT2D eigenvalue weighted by atomic mass is 10.1.